The Morgan fingerprint density at radius 1 is 1.38 bits per heavy atom. The largest absolute Gasteiger partial charge is 0.478 e. The molecule has 1 heterocycles. The highest BCUT2D eigenvalue weighted by Crippen LogP contribution is 2.21. The van der Waals surface area contributed by atoms with Crippen molar-refractivity contribution in [3.05, 3.63) is 29.3 Å². The second kappa shape index (κ2) is 6.09. The van der Waals surface area contributed by atoms with Crippen LogP contribution in [0.4, 0.5) is 5.95 Å². The molecule has 2 rings (SSSR count). The average molecular weight is 310 g/mol. The molecule has 0 unspecified atom stereocenters. The Kier molecular flexibility index (Phi) is 4.42. The van der Waals surface area contributed by atoms with Gasteiger partial charge in [0.15, 0.2) is 5.60 Å². The third-order valence-corrected chi connectivity index (χ3v) is 2.95. The molecule has 0 saturated heterocycles. The third-order valence-electron chi connectivity index (χ3n) is 2.69. The van der Waals surface area contributed by atoms with Crippen LogP contribution in [0.1, 0.15) is 20.8 Å². The second-order valence-electron chi connectivity index (χ2n) is 4.82. The van der Waals surface area contributed by atoms with Crippen LogP contribution in [0.3, 0.4) is 0 Å². The van der Waals surface area contributed by atoms with Gasteiger partial charge in [0.2, 0.25) is 0 Å². The molecule has 0 spiro atoms. The van der Waals surface area contributed by atoms with E-state index in [2.05, 4.69) is 20.7 Å². The average Bonchev–Trinajstić information content (AvgIpc) is 2.89. The van der Waals surface area contributed by atoms with Gasteiger partial charge in [-0.15, -0.1) is 5.10 Å². The molecule has 21 heavy (non-hydrogen) atoms. The van der Waals surface area contributed by atoms with E-state index in [4.69, 9.17) is 16.3 Å². The number of ether oxygens (including phenoxy) is 1. The van der Waals surface area contributed by atoms with Crippen molar-refractivity contribution in [3.8, 4) is 5.75 Å². The number of carbonyl (C=O) groups is 1. The van der Waals surface area contributed by atoms with Gasteiger partial charge in [0.05, 0.1) is 6.54 Å². The van der Waals surface area contributed by atoms with Gasteiger partial charge in [-0.25, -0.2) is 0 Å². The lowest BCUT2D eigenvalue weighted by atomic mass is 10.1. The first-order valence-corrected chi connectivity index (χ1v) is 6.82. The zero-order valence-corrected chi connectivity index (χ0v) is 12.8. The summed E-state index contributed by atoms with van der Waals surface area (Å²) in [6, 6.07) is 6.78. The van der Waals surface area contributed by atoms with E-state index in [1.807, 2.05) is 6.92 Å². The molecule has 8 heteroatoms. The lowest BCUT2D eigenvalue weighted by molar-refractivity contribution is -0.128. The van der Waals surface area contributed by atoms with Gasteiger partial charge in [0.25, 0.3) is 11.9 Å². The van der Waals surface area contributed by atoms with Gasteiger partial charge in [-0.3, -0.25) is 10.1 Å². The van der Waals surface area contributed by atoms with Crippen molar-refractivity contribution < 1.29 is 9.53 Å². The van der Waals surface area contributed by atoms with Crippen molar-refractivity contribution in [2.75, 3.05) is 5.32 Å². The number of tetrazole rings is 1. The van der Waals surface area contributed by atoms with Gasteiger partial charge >= 0.3 is 0 Å². The first kappa shape index (κ1) is 15.2. The number of halogens is 1. The minimum Gasteiger partial charge on any atom is -0.478 e. The number of nitrogens with one attached hydrogen (secondary N) is 1. The molecule has 1 aromatic heterocycles. The number of hydrogen-bond donors (Lipinski definition) is 1. The van der Waals surface area contributed by atoms with Gasteiger partial charge in [0.1, 0.15) is 5.75 Å². The summed E-state index contributed by atoms with van der Waals surface area (Å²) in [5.74, 6) is 0.326. The molecule has 1 aromatic carbocycles. The molecular formula is C13H16ClN5O2. The molecule has 2 aromatic rings. The molecule has 0 fully saturated rings. The Morgan fingerprint density at radius 2 is 2.05 bits per heavy atom. The fourth-order valence-electron chi connectivity index (χ4n) is 1.52. The fourth-order valence-corrected chi connectivity index (χ4v) is 1.65. The first-order chi connectivity index (χ1) is 9.90. The van der Waals surface area contributed by atoms with E-state index in [-0.39, 0.29) is 11.9 Å². The molecule has 1 amide bonds. The normalized spacial score (nSPS) is 11.2. The van der Waals surface area contributed by atoms with Crippen LogP contribution in [-0.2, 0) is 11.3 Å². The minimum absolute atomic E-state index is 0.148. The van der Waals surface area contributed by atoms with E-state index in [9.17, 15) is 4.79 Å². The van der Waals surface area contributed by atoms with Crippen molar-refractivity contribution in [2.24, 2.45) is 0 Å². The molecule has 0 atom stereocenters. The van der Waals surface area contributed by atoms with E-state index >= 15 is 0 Å². The molecule has 0 aliphatic carbocycles. The van der Waals surface area contributed by atoms with E-state index in [0.717, 1.165) is 0 Å². The molecule has 0 bridgehead atoms. The van der Waals surface area contributed by atoms with Crippen molar-refractivity contribution in [3.63, 3.8) is 0 Å². The molecule has 0 saturated carbocycles. The zero-order valence-electron chi connectivity index (χ0n) is 12.0. The maximum absolute atomic E-state index is 12.2. The number of amides is 1. The molecule has 0 aliphatic heterocycles. The molecule has 0 aliphatic rings. The standard InChI is InChI=1S/C13H16ClN5O2/c1-4-19-17-12(16-18-19)15-11(20)13(2,3)21-10-7-5-9(14)6-8-10/h5-8H,4H2,1-3H3,(H,15,17,20). The number of nitrogens with zero attached hydrogens (tertiary/aromatic N) is 4. The Morgan fingerprint density at radius 3 is 2.62 bits per heavy atom. The number of aryl methyl sites for hydroxylation is 1. The van der Waals surface area contributed by atoms with Crippen LogP contribution in [0.15, 0.2) is 24.3 Å². The quantitative estimate of drug-likeness (QED) is 0.915. The van der Waals surface area contributed by atoms with Crippen molar-refractivity contribution in [2.45, 2.75) is 32.9 Å². The zero-order chi connectivity index (χ0) is 15.5. The van der Waals surface area contributed by atoms with Crippen LogP contribution >= 0.6 is 11.6 Å². The van der Waals surface area contributed by atoms with E-state index in [0.29, 0.717) is 17.3 Å². The maximum Gasteiger partial charge on any atom is 0.270 e. The number of hydrogen-bond acceptors (Lipinski definition) is 5. The summed E-state index contributed by atoms with van der Waals surface area (Å²) < 4.78 is 5.67. The predicted molar refractivity (Wildman–Crippen MR) is 78.3 cm³/mol. The van der Waals surface area contributed by atoms with Gasteiger partial charge in [-0.05, 0) is 50.3 Å². The molecule has 0 radical (unpaired) electrons. The van der Waals surface area contributed by atoms with Crippen LogP contribution in [-0.4, -0.2) is 31.7 Å². The summed E-state index contributed by atoms with van der Waals surface area (Å²) in [4.78, 5) is 13.6. The molecule has 7 nitrogen and oxygen atoms in total. The highest BCUT2D eigenvalue weighted by atomic mass is 35.5. The Bertz CT molecular complexity index is 624. The van der Waals surface area contributed by atoms with Gasteiger partial charge in [0, 0.05) is 5.02 Å². The Balaban J connectivity index is 2.03. The lowest BCUT2D eigenvalue weighted by Gasteiger charge is -2.24. The topological polar surface area (TPSA) is 81.9 Å². The number of rotatable bonds is 5. The molecule has 112 valence electrons. The number of carbonyl (C=O) groups excluding carboxylic acids is 1. The van der Waals surface area contributed by atoms with Gasteiger partial charge < -0.3 is 4.74 Å². The van der Waals surface area contributed by atoms with Gasteiger partial charge in [-0.2, -0.15) is 4.80 Å². The summed E-state index contributed by atoms with van der Waals surface area (Å²) in [6.45, 7) is 5.76. The van der Waals surface area contributed by atoms with Crippen LogP contribution in [0.2, 0.25) is 5.02 Å². The summed E-state index contributed by atoms with van der Waals surface area (Å²) in [5.41, 5.74) is -1.09. The highest BCUT2D eigenvalue weighted by molar-refractivity contribution is 6.30. The van der Waals surface area contributed by atoms with Crippen LogP contribution in [0, 0.1) is 0 Å². The van der Waals surface area contributed by atoms with Crippen LogP contribution in [0.5, 0.6) is 5.75 Å². The molecule has 1 N–H and O–H groups in total. The fraction of sp³-hybridized carbons (Fsp3) is 0.385. The van der Waals surface area contributed by atoms with Crippen molar-refractivity contribution in [1.29, 1.82) is 0 Å². The summed E-state index contributed by atoms with van der Waals surface area (Å²) in [5, 5.41) is 14.7. The third kappa shape index (κ3) is 3.91. The summed E-state index contributed by atoms with van der Waals surface area (Å²) >= 11 is 5.81. The SMILES string of the molecule is CCn1nnc(NC(=O)C(C)(C)Oc2ccc(Cl)cc2)n1. The Labute approximate surface area is 127 Å². The second-order valence-corrected chi connectivity index (χ2v) is 5.26. The van der Waals surface area contributed by atoms with Crippen LogP contribution in [0.25, 0.3) is 0 Å². The number of anilines is 1. The van der Waals surface area contributed by atoms with E-state index < -0.39 is 5.60 Å². The van der Waals surface area contributed by atoms with Crippen LogP contribution < -0.4 is 10.1 Å². The number of aromatic nitrogens is 4. The van der Waals surface area contributed by atoms with E-state index in [1.165, 1.54) is 4.80 Å². The Hall–Kier alpha value is -2.15. The lowest BCUT2D eigenvalue weighted by Crippen LogP contribution is -2.42. The molecular weight excluding hydrogens is 294 g/mol. The van der Waals surface area contributed by atoms with Crippen molar-refractivity contribution >= 4 is 23.5 Å². The predicted octanol–water partition coefficient (Wildman–Crippen LogP) is 2.14. The minimum atomic E-state index is -1.09. The first-order valence-electron chi connectivity index (χ1n) is 6.44. The maximum atomic E-state index is 12.2. The smallest absolute Gasteiger partial charge is 0.270 e. The van der Waals surface area contributed by atoms with E-state index in [1.54, 1.807) is 38.1 Å². The highest BCUT2D eigenvalue weighted by Gasteiger charge is 2.31. The number of benzene rings is 1. The summed E-state index contributed by atoms with van der Waals surface area (Å²) in [6.07, 6.45) is 0. The monoisotopic (exact) mass is 309 g/mol. The van der Waals surface area contributed by atoms with Crippen molar-refractivity contribution in [1.82, 2.24) is 20.2 Å². The van der Waals surface area contributed by atoms with Gasteiger partial charge in [-0.1, -0.05) is 16.7 Å². The summed E-state index contributed by atoms with van der Waals surface area (Å²) in [7, 11) is 0.